The van der Waals surface area contributed by atoms with Gasteiger partial charge in [0.2, 0.25) is 0 Å². The SMILES string of the molecule is Nc1ccc(O)cc1C(O)C1CCCS1(=O)=O. The molecule has 1 saturated heterocycles. The second-order valence-electron chi connectivity index (χ2n) is 4.31. The molecule has 94 valence electrons. The molecule has 0 aromatic heterocycles. The van der Waals surface area contributed by atoms with Crippen molar-refractivity contribution >= 4 is 15.5 Å². The summed E-state index contributed by atoms with van der Waals surface area (Å²) in [7, 11) is -3.25. The smallest absolute Gasteiger partial charge is 0.156 e. The van der Waals surface area contributed by atoms with E-state index in [4.69, 9.17) is 5.73 Å². The Morgan fingerprint density at radius 1 is 1.41 bits per heavy atom. The van der Waals surface area contributed by atoms with E-state index >= 15 is 0 Å². The number of benzene rings is 1. The number of hydrogen-bond acceptors (Lipinski definition) is 5. The molecule has 5 nitrogen and oxygen atoms in total. The summed E-state index contributed by atoms with van der Waals surface area (Å²) in [5.41, 5.74) is 6.25. The van der Waals surface area contributed by atoms with Gasteiger partial charge in [0.05, 0.1) is 17.1 Å². The monoisotopic (exact) mass is 257 g/mol. The third-order valence-corrected chi connectivity index (χ3v) is 5.39. The van der Waals surface area contributed by atoms with E-state index in [1.807, 2.05) is 0 Å². The van der Waals surface area contributed by atoms with E-state index in [1.165, 1.54) is 18.2 Å². The van der Waals surface area contributed by atoms with Gasteiger partial charge >= 0.3 is 0 Å². The molecule has 1 aliphatic heterocycles. The van der Waals surface area contributed by atoms with Gasteiger partial charge in [0.25, 0.3) is 0 Å². The first-order valence-corrected chi connectivity index (χ1v) is 7.11. The van der Waals surface area contributed by atoms with Crippen molar-refractivity contribution in [3.8, 4) is 5.75 Å². The topological polar surface area (TPSA) is 101 Å². The van der Waals surface area contributed by atoms with E-state index in [2.05, 4.69) is 0 Å². The van der Waals surface area contributed by atoms with Gasteiger partial charge in [0.1, 0.15) is 5.75 Å². The van der Waals surface area contributed by atoms with Crippen LogP contribution < -0.4 is 5.73 Å². The molecule has 0 aliphatic carbocycles. The lowest BCUT2D eigenvalue weighted by atomic mass is 10.0. The Hall–Kier alpha value is -1.27. The predicted molar refractivity (Wildman–Crippen MR) is 64.3 cm³/mol. The number of rotatable bonds is 2. The van der Waals surface area contributed by atoms with Crippen LogP contribution in [-0.2, 0) is 9.84 Å². The molecule has 0 radical (unpaired) electrons. The fourth-order valence-corrected chi connectivity index (χ4v) is 4.13. The Kier molecular flexibility index (Phi) is 3.01. The zero-order chi connectivity index (χ0) is 12.6. The largest absolute Gasteiger partial charge is 0.508 e. The average Bonchev–Trinajstić information content (AvgIpc) is 2.61. The van der Waals surface area contributed by atoms with Crippen LogP contribution in [0.25, 0.3) is 0 Å². The minimum Gasteiger partial charge on any atom is -0.508 e. The molecule has 1 aromatic rings. The highest BCUT2D eigenvalue weighted by molar-refractivity contribution is 7.92. The van der Waals surface area contributed by atoms with E-state index in [0.29, 0.717) is 12.8 Å². The molecule has 2 rings (SSSR count). The summed E-state index contributed by atoms with van der Waals surface area (Å²) in [6.45, 7) is 0. The summed E-state index contributed by atoms with van der Waals surface area (Å²) < 4.78 is 23.4. The van der Waals surface area contributed by atoms with Gasteiger partial charge in [-0.15, -0.1) is 0 Å². The van der Waals surface area contributed by atoms with Crippen molar-refractivity contribution in [1.29, 1.82) is 0 Å². The highest BCUT2D eigenvalue weighted by atomic mass is 32.2. The molecule has 4 N–H and O–H groups in total. The quantitative estimate of drug-likeness (QED) is 0.531. The van der Waals surface area contributed by atoms with Crippen LogP contribution in [0, 0.1) is 0 Å². The average molecular weight is 257 g/mol. The lowest BCUT2D eigenvalue weighted by molar-refractivity contribution is 0.170. The fourth-order valence-electron chi connectivity index (χ4n) is 2.19. The van der Waals surface area contributed by atoms with E-state index < -0.39 is 21.2 Å². The van der Waals surface area contributed by atoms with Gasteiger partial charge in [-0.25, -0.2) is 8.42 Å². The summed E-state index contributed by atoms with van der Waals surface area (Å²) in [6, 6.07) is 4.16. The lowest BCUT2D eigenvalue weighted by Gasteiger charge is -2.19. The number of nitrogen functional groups attached to an aromatic ring is 1. The first-order chi connectivity index (χ1) is 7.92. The molecule has 2 unspecified atom stereocenters. The maximum absolute atomic E-state index is 11.7. The third-order valence-electron chi connectivity index (χ3n) is 3.12. The second kappa shape index (κ2) is 4.19. The van der Waals surface area contributed by atoms with Crippen molar-refractivity contribution in [3.05, 3.63) is 23.8 Å². The summed E-state index contributed by atoms with van der Waals surface area (Å²) in [6.07, 6.45) is -0.184. The summed E-state index contributed by atoms with van der Waals surface area (Å²) in [5.74, 6) is 0.0663. The number of nitrogens with two attached hydrogens (primary N) is 1. The first-order valence-electron chi connectivity index (χ1n) is 5.40. The van der Waals surface area contributed by atoms with Crippen LogP contribution >= 0.6 is 0 Å². The maximum atomic E-state index is 11.7. The van der Waals surface area contributed by atoms with Gasteiger partial charge in [0.15, 0.2) is 9.84 Å². The van der Waals surface area contributed by atoms with Gasteiger partial charge in [-0.3, -0.25) is 0 Å². The van der Waals surface area contributed by atoms with E-state index in [1.54, 1.807) is 0 Å². The van der Waals surface area contributed by atoms with E-state index in [-0.39, 0.29) is 22.8 Å². The molecule has 1 aromatic carbocycles. The van der Waals surface area contributed by atoms with Crippen LogP contribution in [0.3, 0.4) is 0 Å². The number of phenols is 1. The molecule has 2 atom stereocenters. The molecule has 6 heteroatoms. The van der Waals surface area contributed by atoms with Crippen molar-refractivity contribution in [3.63, 3.8) is 0 Å². The number of aliphatic hydroxyl groups excluding tert-OH is 1. The number of anilines is 1. The lowest BCUT2D eigenvalue weighted by Crippen LogP contribution is -2.24. The molecular formula is C11H15NO4S. The Morgan fingerprint density at radius 2 is 2.12 bits per heavy atom. The number of phenolic OH excluding ortho intramolecular Hbond substituents is 1. The minimum atomic E-state index is -3.25. The standard InChI is InChI=1S/C11H15NO4S/c12-9-4-3-7(13)6-8(9)11(14)10-2-1-5-17(10,15)16/h3-4,6,10-11,13-14H,1-2,5,12H2. The Morgan fingerprint density at radius 3 is 2.71 bits per heavy atom. The Labute approximate surface area is 99.8 Å². The molecule has 0 bridgehead atoms. The van der Waals surface area contributed by atoms with E-state index in [0.717, 1.165) is 0 Å². The van der Waals surface area contributed by atoms with Gasteiger partial charge in [-0.05, 0) is 31.0 Å². The molecule has 0 saturated carbocycles. The van der Waals surface area contributed by atoms with Crippen molar-refractivity contribution in [1.82, 2.24) is 0 Å². The molecule has 1 fully saturated rings. The van der Waals surface area contributed by atoms with Crippen molar-refractivity contribution in [2.24, 2.45) is 0 Å². The maximum Gasteiger partial charge on any atom is 0.156 e. The molecule has 1 aliphatic rings. The Balaban J connectivity index is 2.37. The van der Waals surface area contributed by atoms with Crippen LogP contribution in [0.4, 0.5) is 5.69 Å². The zero-order valence-corrected chi connectivity index (χ0v) is 10.0. The molecule has 1 heterocycles. The van der Waals surface area contributed by atoms with Crippen LogP contribution in [0.15, 0.2) is 18.2 Å². The number of hydrogen-bond donors (Lipinski definition) is 3. The summed E-state index contributed by atoms with van der Waals surface area (Å²) >= 11 is 0. The van der Waals surface area contributed by atoms with Gasteiger partial charge < -0.3 is 15.9 Å². The number of aliphatic hydroxyl groups is 1. The van der Waals surface area contributed by atoms with Crippen LogP contribution in [0.1, 0.15) is 24.5 Å². The van der Waals surface area contributed by atoms with Gasteiger partial charge in [-0.2, -0.15) is 0 Å². The second-order valence-corrected chi connectivity index (χ2v) is 6.65. The molecular weight excluding hydrogens is 242 g/mol. The number of aromatic hydroxyl groups is 1. The van der Waals surface area contributed by atoms with Crippen molar-refractivity contribution in [2.45, 2.75) is 24.2 Å². The third kappa shape index (κ3) is 2.23. The van der Waals surface area contributed by atoms with Crippen molar-refractivity contribution < 1.29 is 18.6 Å². The van der Waals surface area contributed by atoms with E-state index in [9.17, 15) is 18.6 Å². The fraction of sp³-hybridized carbons (Fsp3) is 0.455. The minimum absolute atomic E-state index is 0.0383. The Bertz CT molecular complexity index is 526. The highest BCUT2D eigenvalue weighted by Crippen LogP contribution is 2.35. The predicted octanol–water partition coefficient (Wildman–Crippen LogP) is 0.585. The highest BCUT2D eigenvalue weighted by Gasteiger charge is 2.38. The number of sulfone groups is 1. The first kappa shape index (κ1) is 12.2. The van der Waals surface area contributed by atoms with Crippen molar-refractivity contribution in [2.75, 3.05) is 11.5 Å². The van der Waals surface area contributed by atoms with Crippen LogP contribution in [0.5, 0.6) is 5.75 Å². The molecule has 0 amide bonds. The van der Waals surface area contributed by atoms with Crippen LogP contribution in [0.2, 0.25) is 0 Å². The van der Waals surface area contributed by atoms with Gasteiger partial charge in [-0.1, -0.05) is 0 Å². The normalized spacial score (nSPS) is 24.6. The zero-order valence-electron chi connectivity index (χ0n) is 9.20. The van der Waals surface area contributed by atoms with Gasteiger partial charge in [0, 0.05) is 11.3 Å². The molecule has 0 spiro atoms. The molecule has 17 heavy (non-hydrogen) atoms. The summed E-state index contributed by atoms with van der Waals surface area (Å²) in [5, 5.41) is 18.6. The summed E-state index contributed by atoms with van der Waals surface area (Å²) in [4.78, 5) is 0. The van der Waals surface area contributed by atoms with Crippen LogP contribution in [-0.4, -0.2) is 29.6 Å².